The van der Waals surface area contributed by atoms with Gasteiger partial charge in [-0.25, -0.2) is 4.79 Å². The van der Waals surface area contributed by atoms with Gasteiger partial charge in [-0.2, -0.15) is 0 Å². The Hall–Kier alpha value is -2.91. The number of H-pyrrole nitrogens is 1. The monoisotopic (exact) mass is 433 g/mol. The van der Waals surface area contributed by atoms with Crippen molar-refractivity contribution in [3.8, 4) is 0 Å². The Kier molecular flexibility index (Phi) is 6.97. The number of hydrogen-bond acceptors (Lipinski definition) is 6. The van der Waals surface area contributed by atoms with Crippen molar-refractivity contribution in [3.05, 3.63) is 20.8 Å². The third kappa shape index (κ3) is 4.28. The maximum absolute atomic E-state index is 13.2. The van der Waals surface area contributed by atoms with Crippen molar-refractivity contribution in [1.29, 1.82) is 0 Å². The number of carbonyl (C=O) groups excluding carboxylic acids is 3. The van der Waals surface area contributed by atoms with E-state index in [1.165, 1.54) is 9.47 Å². The van der Waals surface area contributed by atoms with E-state index in [0.717, 1.165) is 24.2 Å². The molecule has 0 spiro atoms. The summed E-state index contributed by atoms with van der Waals surface area (Å²) in [7, 11) is 0. The van der Waals surface area contributed by atoms with Gasteiger partial charge in [0, 0.05) is 13.1 Å². The molecular formula is C21H31N5O5. The molecule has 31 heavy (non-hydrogen) atoms. The molecule has 0 aromatic carbocycles. The van der Waals surface area contributed by atoms with Gasteiger partial charge < -0.3 is 10.6 Å². The summed E-state index contributed by atoms with van der Waals surface area (Å²) in [5.74, 6) is -1.97. The minimum atomic E-state index is -0.757. The van der Waals surface area contributed by atoms with Crippen LogP contribution in [0.2, 0.25) is 0 Å². The zero-order valence-corrected chi connectivity index (χ0v) is 18.2. The molecule has 2 aliphatic rings. The van der Waals surface area contributed by atoms with Crippen molar-refractivity contribution in [2.75, 3.05) is 23.7 Å². The number of amides is 3. The number of fused-ring (bicyclic) bond motifs is 1. The van der Waals surface area contributed by atoms with Crippen LogP contribution in [0, 0.1) is 11.8 Å². The molecule has 1 saturated heterocycles. The molecule has 2 fully saturated rings. The predicted octanol–water partition coefficient (Wildman–Crippen LogP) is 0.837. The molecule has 1 saturated carbocycles. The quantitative estimate of drug-likeness (QED) is 0.583. The highest BCUT2D eigenvalue weighted by atomic mass is 16.2. The van der Waals surface area contributed by atoms with Crippen LogP contribution in [0.1, 0.15) is 58.8 Å². The second kappa shape index (κ2) is 9.49. The Morgan fingerprint density at radius 1 is 1.06 bits per heavy atom. The van der Waals surface area contributed by atoms with Crippen molar-refractivity contribution in [1.82, 2.24) is 14.5 Å². The molecule has 0 unspecified atom stereocenters. The van der Waals surface area contributed by atoms with E-state index in [4.69, 9.17) is 5.73 Å². The molecule has 10 nitrogen and oxygen atoms in total. The summed E-state index contributed by atoms with van der Waals surface area (Å²) in [6, 6.07) is 0. The number of hydrogen-bond donors (Lipinski definition) is 2. The second-order valence-electron chi connectivity index (χ2n) is 8.30. The summed E-state index contributed by atoms with van der Waals surface area (Å²) in [5.41, 5.74) is 4.64. The highest BCUT2D eigenvalue weighted by Crippen LogP contribution is 2.38. The first-order valence-corrected chi connectivity index (χ1v) is 11.1. The van der Waals surface area contributed by atoms with Crippen LogP contribution in [-0.4, -0.2) is 45.3 Å². The van der Waals surface area contributed by atoms with Crippen molar-refractivity contribution in [3.63, 3.8) is 0 Å². The van der Waals surface area contributed by atoms with Gasteiger partial charge in [0.05, 0.1) is 11.8 Å². The van der Waals surface area contributed by atoms with Crippen LogP contribution in [0.15, 0.2) is 9.59 Å². The highest BCUT2D eigenvalue weighted by Gasteiger charge is 2.48. The number of unbranched alkanes of at least 4 members (excludes halogenated alkanes) is 1. The minimum absolute atomic E-state index is 0.0900. The normalized spacial score (nSPS) is 20.8. The van der Waals surface area contributed by atoms with Gasteiger partial charge in [0.2, 0.25) is 17.7 Å². The summed E-state index contributed by atoms with van der Waals surface area (Å²) in [6.07, 6.45) is 5.07. The van der Waals surface area contributed by atoms with Crippen molar-refractivity contribution in [2.45, 2.75) is 65.3 Å². The Balaban J connectivity index is 1.93. The Morgan fingerprint density at radius 3 is 2.23 bits per heavy atom. The average Bonchev–Trinajstić information content (AvgIpc) is 2.98. The van der Waals surface area contributed by atoms with E-state index >= 15 is 0 Å². The number of anilines is 2. The van der Waals surface area contributed by atoms with Gasteiger partial charge in [-0.05, 0) is 25.7 Å². The Morgan fingerprint density at radius 2 is 1.68 bits per heavy atom. The fourth-order valence-corrected chi connectivity index (χ4v) is 4.57. The van der Waals surface area contributed by atoms with E-state index in [2.05, 4.69) is 4.98 Å². The molecule has 1 aromatic heterocycles. The van der Waals surface area contributed by atoms with Gasteiger partial charge in [0.1, 0.15) is 12.4 Å². The van der Waals surface area contributed by atoms with Crippen molar-refractivity contribution >= 4 is 29.2 Å². The molecule has 170 valence electrons. The van der Waals surface area contributed by atoms with Gasteiger partial charge in [-0.3, -0.25) is 33.6 Å². The molecular weight excluding hydrogens is 402 g/mol. The molecule has 3 N–H and O–H groups in total. The van der Waals surface area contributed by atoms with E-state index in [1.54, 1.807) is 0 Å². The molecule has 3 rings (SSSR count). The molecule has 1 aliphatic heterocycles. The fourth-order valence-electron chi connectivity index (χ4n) is 4.57. The van der Waals surface area contributed by atoms with Crippen LogP contribution < -0.4 is 21.9 Å². The summed E-state index contributed by atoms with van der Waals surface area (Å²) >= 11 is 0. The fraction of sp³-hybridized carbons (Fsp3) is 0.667. The maximum Gasteiger partial charge on any atom is 0.330 e. The molecule has 1 aromatic rings. The standard InChI is InChI=1S/C21H31N5O5/c1-3-5-11-24(16-17(22)25(10-4-2)21(31)23-18(16)28)15(27)12-26-19(29)13-8-6-7-9-14(13)20(26)30/h13-14H,3-12,22H2,1-2H3,(H,23,28,31)/t13-,14-/m1/s1. The number of nitrogens with two attached hydrogens (primary N) is 1. The number of nitrogens with zero attached hydrogens (tertiary/aromatic N) is 3. The van der Waals surface area contributed by atoms with Crippen LogP contribution in [0.5, 0.6) is 0 Å². The number of aromatic amines is 1. The van der Waals surface area contributed by atoms with Gasteiger partial charge in [-0.1, -0.05) is 33.1 Å². The van der Waals surface area contributed by atoms with Gasteiger partial charge in [-0.15, -0.1) is 0 Å². The molecule has 2 heterocycles. The summed E-state index contributed by atoms with van der Waals surface area (Å²) < 4.78 is 1.23. The third-order valence-electron chi connectivity index (χ3n) is 6.19. The van der Waals surface area contributed by atoms with E-state index in [0.29, 0.717) is 25.7 Å². The zero-order chi connectivity index (χ0) is 22.7. The molecule has 1 aliphatic carbocycles. The summed E-state index contributed by atoms with van der Waals surface area (Å²) in [4.78, 5) is 68.0. The highest BCUT2D eigenvalue weighted by molar-refractivity contribution is 6.09. The first-order chi connectivity index (χ1) is 14.8. The van der Waals surface area contributed by atoms with Crippen LogP contribution in [0.25, 0.3) is 0 Å². The average molecular weight is 434 g/mol. The van der Waals surface area contributed by atoms with Gasteiger partial charge >= 0.3 is 5.69 Å². The van der Waals surface area contributed by atoms with Gasteiger partial charge in [0.25, 0.3) is 5.56 Å². The second-order valence-corrected chi connectivity index (χ2v) is 8.30. The van der Waals surface area contributed by atoms with Gasteiger partial charge in [0.15, 0.2) is 5.69 Å². The zero-order valence-electron chi connectivity index (χ0n) is 18.2. The lowest BCUT2D eigenvalue weighted by atomic mass is 9.81. The Labute approximate surface area is 180 Å². The lowest BCUT2D eigenvalue weighted by Crippen LogP contribution is -2.47. The largest absolute Gasteiger partial charge is 0.383 e. The predicted molar refractivity (Wildman–Crippen MR) is 115 cm³/mol. The number of aromatic nitrogens is 2. The number of rotatable bonds is 8. The van der Waals surface area contributed by atoms with E-state index in [1.807, 2.05) is 13.8 Å². The first kappa shape index (κ1) is 22.8. The lowest BCUT2D eigenvalue weighted by molar-refractivity contribution is -0.143. The smallest absolute Gasteiger partial charge is 0.330 e. The molecule has 2 atom stereocenters. The molecule has 10 heteroatoms. The van der Waals surface area contributed by atoms with Crippen LogP contribution in [0.3, 0.4) is 0 Å². The topological polar surface area (TPSA) is 139 Å². The number of imide groups is 1. The van der Waals surface area contributed by atoms with E-state index in [9.17, 15) is 24.0 Å². The summed E-state index contributed by atoms with van der Waals surface area (Å²) in [6.45, 7) is 3.85. The van der Waals surface area contributed by atoms with Crippen LogP contribution in [0.4, 0.5) is 11.5 Å². The first-order valence-electron chi connectivity index (χ1n) is 11.1. The lowest BCUT2D eigenvalue weighted by Gasteiger charge is -2.26. The number of nitrogen functional groups attached to an aromatic ring is 1. The van der Waals surface area contributed by atoms with Crippen LogP contribution in [-0.2, 0) is 20.9 Å². The molecule has 0 radical (unpaired) electrons. The minimum Gasteiger partial charge on any atom is -0.383 e. The molecule has 0 bridgehead atoms. The van der Waals surface area contributed by atoms with E-state index in [-0.39, 0.29) is 48.2 Å². The maximum atomic E-state index is 13.2. The van der Waals surface area contributed by atoms with Crippen LogP contribution >= 0.6 is 0 Å². The number of carbonyl (C=O) groups is 3. The summed E-state index contributed by atoms with van der Waals surface area (Å²) in [5, 5.41) is 0. The Bertz CT molecular complexity index is 957. The van der Waals surface area contributed by atoms with Crippen molar-refractivity contribution in [2.24, 2.45) is 11.8 Å². The van der Waals surface area contributed by atoms with Crippen molar-refractivity contribution < 1.29 is 14.4 Å². The number of nitrogens with one attached hydrogen (secondary N) is 1. The van der Waals surface area contributed by atoms with E-state index < -0.39 is 23.7 Å². The molecule has 3 amide bonds. The third-order valence-corrected chi connectivity index (χ3v) is 6.19. The number of likely N-dealkylation sites (tertiary alicyclic amines) is 1. The SMILES string of the molecule is CCCCN(C(=O)CN1C(=O)[C@@H]2CCCC[C@H]2C1=O)c1c(N)n(CCC)c(=O)[nH]c1=O.